The highest BCUT2D eigenvalue weighted by atomic mass is 127. The summed E-state index contributed by atoms with van der Waals surface area (Å²) in [5.41, 5.74) is 2.32. The van der Waals surface area contributed by atoms with Crippen LogP contribution in [0.25, 0.3) is 0 Å². The third-order valence-electron chi connectivity index (χ3n) is 4.19. The summed E-state index contributed by atoms with van der Waals surface area (Å²) in [6, 6.07) is 2.72. The zero-order valence-electron chi connectivity index (χ0n) is 14.8. The van der Waals surface area contributed by atoms with Gasteiger partial charge in [0.25, 0.3) is 0 Å². The second kappa shape index (κ2) is 10.9. The van der Waals surface area contributed by atoms with E-state index >= 15 is 0 Å². The van der Waals surface area contributed by atoms with E-state index in [0.29, 0.717) is 6.04 Å². The molecule has 6 heteroatoms. The minimum absolute atomic E-state index is 0. The number of aryl methyl sites for hydroxylation is 3. The molecule has 1 aliphatic rings. The van der Waals surface area contributed by atoms with Crippen LogP contribution in [0.5, 0.6) is 0 Å². The number of aromatic nitrogens is 2. The largest absolute Gasteiger partial charge is 0.357 e. The average molecular weight is 433 g/mol. The van der Waals surface area contributed by atoms with Crippen LogP contribution in [0.1, 0.15) is 56.8 Å². The zero-order chi connectivity index (χ0) is 15.8. The maximum absolute atomic E-state index is 4.71. The third kappa shape index (κ3) is 7.10. The van der Waals surface area contributed by atoms with E-state index in [1.165, 1.54) is 37.8 Å². The minimum atomic E-state index is 0. The lowest BCUT2D eigenvalue weighted by molar-refractivity contribution is 0.410. The second-order valence-electron chi connectivity index (χ2n) is 6.24. The topological polar surface area (TPSA) is 54.2 Å². The number of hydrogen-bond donors (Lipinski definition) is 2. The molecule has 1 saturated carbocycles. The number of aliphatic imine (C=N–C) groups is 1. The predicted octanol–water partition coefficient (Wildman–Crippen LogP) is 3.40. The first-order valence-corrected chi connectivity index (χ1v) is 8.75. The Morgan fingerprint density at radius 1 is 1.30 bits per heavy atom. The van der Waals surface area contributed by atoms with Gasteiger partial charge in [0.2, 0.25) is 0 Å². The molecule has 0 amide bonds. The van der Waals surface area contributed by atoms with Crippen molar-refractivity contribution in [3.05, 3.63) is 17.5 Å². The van der Waals surface area contributed by atoms with E-state index in [-0.39, 0.29) is 24.0 Å². The fraction of sp³-hybridized carbons (Fsp3) is 0.765. The molecular formula is C17H32IN5. The summed E-state index contributed by atoms with van der Waals surface area (Å²) in [7, 11) is 0. The quantitative estimate of drug-likeness (QED) is 0.313. The molecule has 1 fully saturated rings. The summed E-state index contributed by atoms with van der Waals surface area (Å²) >= 11 is 0. The van der Waals surface area contributed by atoms with Gasteiger partial charge < -0.3 is 10.6 Å². The van der Waals surface area contributed by atoms with E-state index in [9.17, 15) is 0 Å². The minimum Gasteiger partial charge on any atom is -0.357 e. The molecule has 5 nitrogen and oxygen atoms in total. The monoisotopic (exact) mass is 433 g/mol. The van der Waals surface area contributed by atoms with Crippen LogP contribution in [-0.4, -0.2) is 34.9 Å². The summed E-state index contributed by atoms with van der Waals surface area (Å²) in [5.74, 6) is 0.975. The van der Waals surface area contributed by atoms with Gasteiger partial charge in [-0.25, -0.2) is 0 Å². The lowest BCUT2D eigenvalue weighted by Gasteiger charge is -2.24. The SMILES string of the molecule is CCNC(=NCCCn1nc(C)cc1C)NC1CCCCC1.I. The van der Waals surface area contributed by atoms with Gasteiger partial charge in [-0.05, 0) is 46.1 Å². The molecule has 0 radical (unpaired) electrons. The summed E-state index contributed by atoms with van der Waals surface area (Å²) in [6.07, 6.45) is 7.63. The first-order valence-electron chi connectivity index (χ1n) is 8.75. The summed E-state index contributed by atoms with van der Waals surface area (Å²) in [6.45, 7) is 8.95. The van der Waals surface area contributed by atoms with Crippen LogP contribution in [-0.2, 0) is 6.54 Å². The number of nitrogens with one attached hydrogen (secondary N) is 2. The Kier molecular flexibility index (Phi) is 9.59. The molecule has 1 aliphatic carbocycles. The van der Waals surface area contributed by atoms with Gasteiger partial charge in [-0.3, -0.25) is 9.67 Å². The Hall–Kier alpha value is -0.790. The predicted molar refractivity (Wildman–Crippen MR) is 108 cm³/mol. The van der Waals surface area contributed by atoms with Gasteiger partial charge in [0.15, 0.2) is 5.96 Å². The lowest BCUT2D eigenvalue weighted by Crippen LogP contribution is -2.44. The van der Waals surface area contributed by atoms with Crippen LogP contribution < -0.4 is 10.6 Å². The van der Waals surface area contributed by atoms with E-state index in [1.54, 1.807) is 0 Å². The summed E-state index contributed by atoms with van der Waals surface area (Å²) < 4.78 is 2.08. The van der Waals surface area contributed by atoms with Crippen LogP contribution in [0.4, 0.5) is 0 Å². The molecule has 0 atom stereocenters. The van der Waals surface area contributed by atoms with E-state index in [2.05, 4.69) is 40.3 Å². The molecule has 1 aromatic rings. The maximum atomic E-state index is 4.71. The number of guanidine groups is 1. The van der Waals surface area contributed by atoms with Gasteiger partial charge >= 0.3 is 0 Å². The Labute approximate surface area is 157 Å². The first-order chi connectivity index (χ1) is 10.7. The third-order valence-corrected chi connectivity index (χ3v) is 4.19. The van der Waals surface area contributed by atoms with Gasteiger partial charge in [-0.2, -0.15) is 5.10 Å². The van der Waals surface area contributed by atoms with Crippen LogP contribution >= 0.6 is 24.0 Å². The molecule has 132 valence electrons. The van der Waals surface area contributed by atoms with E-state index in [0.717, 1.165) is 37.7 Å². The van der Waals surface area contributed by atoms with Crippen molar-refractivity contribution in [1.82, 2.24) is 20.4 Å². The van der Waals surface area contributed by atoms with Gasteiger partial charge in [-0.1, -0.05) is 19.3 Å². The highest BCUT2D eigenvalue weighted by Gasteiger charge is 2.14. The highest BCUT2D eigenvalue weighted by Crippen LogP contribution is 2.17. The van der Waals surface area contributed by atoms with Crippen LogP contribution in [0.15, 0.2) is 11.1 Å². The molecule has 1 aromatic heterocycles. The van der Waals surface area contributed by atoms with Crippen molar-refractivity contribution in [2.24, 2.45) is 4.99 Å². The number of rotatable bonds is 6. The summed E-state index contributed by atoms with van der Waals surface area (Å²) in [4.78, 5) is 4.71. The Morgan fingerprint density at radius 2 is 2.04 bits per heavy atom. The van der Waals surface area contributed by atoms with E-state index in [4.69, 9.17) is 4.99 Å². The molecule has 0 unspecified atom stereocenters. The second-order valence-corrected chi connectivity index (χ2v) is 6.24. The van der Waals surface area contributed by atoms with Gasteiger partial charge in [0, 0.05) is 31.4 Å². The van der Waals surface area contributed by atoms with Crippen molar-refractivity contribution in [3.63, 3.8) is 0 Å². The van der Waals surface area contributed by atoms with E-state index < -0.39 is 0 Å². The Bertz CT molecular complexity index is 477. The standard InChI is InChI=1S/C17H31N5.HI/c1-4-18-17(20-16-9-6-5-7-10-16)19-11-8-12-22-15(3)13-14(2)21-22;/h13,16H,4-12H2,1-3H3,(H2,18,19,20);1H. The molecule has 0 spiro atoms. The molecular weight excluding hydrogens is 401 g/mol. The Morgan fingerprint density at radius 3 is 2.65 bits per heavy atom. The molecule has 1 heterocycles. The van der Waals surface area contributed by atoms with Crippen molar-refractivity contribution in [3.8, 4) is 0 Å². The van der Waals surface area contributed by atoms with Crippen molar-refractivity contribution >= 4 is 29.9 Å². The molecule has 0 aromatic carbocycles. The smallest absolute Gasteiger partial charge is 0.191 e. The van der Waals surface area contributed by atoms with E-state index in [1.807, 2.05) is 6.92 Å². The number of halogens is 1. The van der Waals surface area contributed by atoms with Gasteiger partial charge in [0.05, 0.1) is 5.69 Å². The molecule has 0 bridgehead atoms. The molecule has 23 heavy (non-hydrogen) atoms. The fourth-order valence-electron chi connectivity index (χ4n) is 3.07. The van der Waals surface area contributed by atoms with Crippen molar-refractivity contribution in [1.29, 1.82) is 0 Å². The fourth-order valence-corrected chi connectivity index (χ4v) is 3.07. The van der Waals surface area contributed by atoms with Crippen molar-refractivity contribution < 1.29 is 0 Å². The van der Waals surface area contributed by atoms with Gasteiger partial charge in [0.1, 0.15) is 0 Å². The van der Waals surface area contributed by atoms with Crippen LogP contribution in [0.2, 0.25) is 0 Å². The first kappa shape index (κ1) is 20.3. The zero-order valence-corrected chi connectivity index (χ0v) is 17.1. The maximum Gasteiger partial charge on any atom is 0.191 e. The molecule has 2 N–H and O–H groups in total. The van der Waals surface area contributed by atoms with Crippen LogP contribution in [0, 0.1) is 13.8 Å². The molecule has 0 saturated heterocycles. The normalized spacial score (nSPS) is 16.0. The molecule has 0 aliphatic heterocycles. The van der Waals surface area contributed by atoms with Crippen molar-refractivity contribution in [2.75, 3.05) is 13.1 Å². The molecule has 2 rings (SSSR count). The highest BCUT2D eigenvalue weighted by molar-refractivity contribution is 14.0. The lowest BCUT2D eigenvalue weighted by atomic mass is 9.96. The number of hydrogen-bond acceptors (Lipinski definition) is 2. The van der Waals surface area contributed by atoms with Crippen LogP contribution in [0.3, 0.4) is 0 Å². The number of nitrogens with zero attached hydrogens (tertiary/aromatic N) is 3. The average Bonchev–Trinajstić information content (AvgIpc) is 2.83. The summed E-state index contributed by atoms with van der Waals surface area (Å²) in [5, 5.41) is 11.4. The van der Waals surface area contributed by atoms with Gasteiger partial charge in [-0.15, -0.1) is 24.0 Å². The Balaban J connectivity index is 0.00000264. The van der Waals surface area contributed by atoms with Crippen molar-refractivity contribution in [2.45, 2.75) is 71.9 Å².